The Balaban J connectivity index is 1.42. The van der Waals surface area contributed by atoms with Crippen molar-refractivity contribution < 1.29 is 0 Å². The number of para-hydroxylation sites is 2. The summed E-state index contributed by atoms with van der Waals surface area (Å²) in [6.45, 7) is 0.720. The van der Waals surface area contributed by atoms with Crippen LogP contribution in [-0.2, 0) is 6.42 Å². The van der Waals surface area contributed by atoms with Crippen molar-refractivity contribution in [1.82, 2.24) is 15.0 Å². The molecule has 2 aromatic heterocycles. The van der Waals surface area contributed by atoms with Crippen LogP contribution in [0.5, 0.6) is 0 Å². The zero-order valence-electron chi connectivity index (χ0n) is 14.3. The molecule has 2 heterocycles. The van der Waals surface area contributed by atoms with E-state index >= 15 is 0 Å². The molecule has 7 heteroatoms. The van der Waals surface area contributed by atoms with Gasteiger partial charge in [-0.2, -0.15) is 4.98 Å². The molecule has 0 bridgehead atoms. The van der Waals surface area contributed by atoms with Gasteiger partial charge in [0.2, 0.25) is 5.95 Å². The second-order valence-electron chi connectivity index (χ2n) is 6.02. The first-order chi connectivity index (χ1) is 13.2. The molecule has 0 aliphatic carbocycles. The van der Waals surface area contributed by atoms with E-state index in [4.69, 9.17) is 23.2 Å². The molecule has 4 rings (SSSR count). The number of hydrogen-bond donors (Lipinski definition) is 3. The van der Waals surface area contributed by atoms with E-state index < -0.39 is 0 Å². The smallest absolute Gasteiger partial charge is 0.224 e. The molecule has 0 saturated carbocycles. The van der Waals surface area contributed by atoms with E-state index in [2.05, 4.69) is 37.7 Å². The van der Waals surface area contributed by atoms with Crippen molar-refractivity contribution in [3.8, 4) is 0 Å². The Bertz CT molecular complexity index is 1060. The van der Waals surface area contributed by atoms with Crippen LogP contribution in [0.2, 0.25) is 10.0 Å². The normalized spacial score (nSPS) is 10.9. The van der Waals surface area contributed by atoms with Crippen molar-refractivity contribution in [1.29, 1.82) is 0 Å². The average Bonchev–Trinajstić information content (AvgIpc) is 3.09. The van der Waals surface area contributed by atoms with Gasteiger partial charge in [-0.1, -0.05) is 47.5 Å². The van der Waals surface area contributed by atoms with Crippen LogP contribution in [-0.4, -0.2) is 21.5 Å². The van der Waals surface area contributed by atoms with Gasteiger partial charge in [0.1, 0.15) is 5.82 Å². The molecule has 136 valence electrons. The minimum Gasteiger partial charge on any atom is -0.361 e. The average molecular weight is 398 g/mol. The Morgan fingerprint density at radius 3 is 2.63 bits per heavy atom. The predicted molar refractivity (Wildman–Crippen MR) is 112 cm³/mol. The Hall–Kier alpha value is -2.76. The maximum absolute atomic E-state index is 6.20. The fourth-order valence-corrected chi connectivity index (χ4v) is 3.40. The Morgan fingerprint density at radius 1 is 0.963 bits per heavy atom. The number of halogens is 2. The zero-order chi connectivity index (χ0) is 18.6. The third-order valence-corrected chi connectivity index (χ3v) is 4.85. The quantitative estimate of drug-likeness (QED) is 0.392. The molecule has 0 spiro atoms. The molecule has 0 unspecified atom stereocenters. The molecule has 4 aromatic rings. The van der Waals surface area contributed by atoms with Crippen LogP contribution < -0.4 is 10.6 Å². The lowest BCUT2D eigenvalue weighted by molar-refractivity contribution is 0.991. The minimum atomic E-state index is 0.537. The molecule has 0 fully saturated rings. The summed E-state index contributed by atoms with van der Waals surface area (Å²) in [5, 5.41) is 8.72. The molecular weight excluding hydrogens is 381 g/mol. The number of aromatic amines is 1. The Morgan fingerprint density at radius 2 is 1.78 bits per heavy atom. The minimum absolute atomic E-state index is 0.537. The van der Waals surface area contributed by atoms with Crippen molar-refractivity contribution in [3.05, 3.63) is 76.5 Å². The number of rotatable bonds is 6. The van der Waals surface area contributed by atoms with Gasteiger partial charge in [0.05, 0.1) is 15.7 Å². The van der Waals surface area contributed by atoms with E-state index in [9.17, 15) is 0 Å². The van der Waals surface area contributed by atoms with Crippen LogP contribution in [0.4, 0.5) is 17.5 Å². The summed E-state index contributed by atoms with van der Waals surface area (Å²) in [6.07, 6.45) is 4.60. The first-order valence-electron chi connectivity index (χ1n) is 8.53. The largest absolute Gasteiger partial charge is 0.361 e. The van der Waals surface area contributed by atoms with E-state index in [-0.39, 0.29) is 0 Å². The fraction of sp³-hybridized carbons (Fsp3) is 0.100. The van der Waals surface area contributed by atoms with E-state index in [0.717, 1.165) is 18.5 Å². The van der Waals surface area contributed by atoms with Gasteiger partial charge in [0.15, 0.2) is 0 Å². The first-order valence-corrected chi connectivity index (χ1v) is 9.29. The van der Waals surface area contributed by atoms with Crippen LogP contribution in [0.25, 0.3) is 10.9 Å². The second-order valence-corrected chi connectivity index (χ2v) is 6.84. The van der Waals surface area contributed by atoms with Crippen LogP contribution >= 0.6 is 23.2 Å². The number of fused-ring (bicyclic) bond motifs is 1. The van der Waals surface area contributed by atoms with E-state index in [1.807, 2.05) is 18.3 Å². The van der Waals surface area contributed by atoms with Gasteiger partial charge in [-0.3, -0.25) is 0 Å². The lowest BCUT2D eigenvalue weighted by Crippen LogP contribution is -2.08. The second kappa shape index (κ2) is 7.86. The van der Waals surface area contributed by atoms with Crippen LogP contribution in [0, 0.1) is 0 Å². The number of nitrogens with one attached hydrogen (secondary N) is 3. The number of H-pyrrole nitrogens is 1. The van der Waals surface area contributed by atoms with Gasteiger partial charge in [0.25, 0.3) is 0 Å². The highest BCUT2D eigenvalue weighted by Gasteiger charge is 2.08. The van der Waals surface area contributed by atoms with Crippen molar-refractivity contribution in [2.75, 3.05) is 17.2 Å². The maximum atomic E-state index is 6.20. The Labute approximate surface area is 166 Å². The molecular formula is C20H17Cl2N5. The van der Waals surface area contributed by atoms with Crippen molar-refractivity contribution >= 4 is 51.6 Å². The van der Waals surface area contributed by atoms with E-state index in [1.165, 1.54) is 10.9 Å². The highest BCUT2D eigenvalue weighted by molar-refractivity contribution is 6.39. The predicted octanol–water partition coefficient (Wildman–Crippen LogP) is 5.66. The highest BCUT2D eigenvalue weighted by Crippen LogP contribution is 2.32. The summed E-state index contributed by atoms with van der Waals surface area (Å²) in [5.41, 5.74) is 3.03. The van der Waals surface area contributed by atoms with Crippen LogP contribution in [0.1, 0.15) is 5.56 Å². The molecule has 0 saturated heterocycles. The number of hydrogen-bond acceptors (Lipinski definition) is 4. The summed E-state index contributed by atoms with van der Waals surface area (Å²) >= 11 is 12.4. The molecule has 27 heavy (non-hydrogen) atoms. The summed E-state index contributed by atoms with van der Waals surface area (Å²) in [5.74, 6) is 1.16. The van der Waals surface area contributed by atoms with Crippen molar-refractivity contribution in [2.24, 2.45) is 0 Å². The van der Waals surface area contributed by atoms with Gasteiger partial charge < -0.3 is 15.6 Å². The molecule has 0 aliphatic heterocycles. The molecule has 2 aromatic carbocycles. The molecule has 0 aliphatic rings. The topological polar surface area (TPSA) is 65.6 Å². The molecule has 0 atom stereocenters. The summed E-state index contributed by atoms with van der Waals surface area (Å²) in [4.78, 5) is 12.0. The van der Waals surface area contributed by atoms with Gasteiger partial charge >= 0.3 is 0 Å². The number of aromatic nitrogens is 3. The number of benzene rings is 2. The van der Waals surface area contributed by atoms with E-state index in [0.29, 0.717) is 27.5 Å². The molecule has 5 nitrogen and oxygen atoms in total. The van der Waals surface area contributed by atoms with Crippen LogP contribution in [0.3, 0.4) is 0 Å². The summed E-state index contributed by atoms with van der Waals surface area (Å²) < 4.78 is 0. The van der Waals surface area contributed by atoms with Gasteiger partial charge in [-0.15, -0.1) is 0 Å². The van der Waals surface area contributed by atoms with Gasteiger partial charge in [0, 0.05) is 29.8 Å². The van der Waals surface area contributed by atoms with Crippen molar-refractivity contribution in [2.45, 2.75) is 6.42 Å². The molecule has 0 amide bonds. The summed E-state index contributed by atoms with van der Waals surface area (Å²) in [6, 6.07) is 15.4. The number of anilines is 3. The monoisotopic (exact) mass is 397 g/mol. The van der Waals surface area contributed by atoms with Crippen molar-refractivity contribution in [3.63, 3.8) is 0 Å². The summed E-state index contributed by atoms with van der Waals surface area (Å²) in [7, 11) is 0. The van der Waals surface area contributed by atoms with Gasteiger partial charge in [-0.25, -0.2) is 4.98 Å². The highest BCUT2D eigenvalue weighted by atomic mass is 35.5. The lowest BCUT2D eigenvalue weighted by atomic mass is 10.1. The number of nitrogens with zero attached hydrogens (tertiary/aromatic N) is 2. The van der Waals surface area contributed by atoms with Gasteiger partial charge in [-0.05, 0) is 36.2 Å². The fourth-order valence-electron chi connectivity index (χ4n) is 2.91. The third kappa shape index (κ3) is 3.99. The zero-order valence-corrected chi connectivity index (χ0v) is 15.8. The maximum Gasteiger partial charge on any atom is 0.224 e. The third-order valence-electron chi connectivity index (χ3n) is 4.22. The first kappa shape index (κ1) is 17.6. The van der Waals surface area contributed by atoms with Crippen LogP contribution in [0.15, 0.2) is 60.9 Å². The standard InChI is InChI=1S/C20H17Cl2N5/c21-15-5-3-6-16(22)19(15)26-18-9-11-24-20(27-18)23-10-8-13-12-25-17-7-2-1-4-14(13)17/h1-7,9,11-12,25H,8,10H2,(H2,23,24,26,27). The Kier molecular flexibility index (Phi) is 5.14. The lowest BCUT2D eigenvalue weighted by Gasteiger charge is -2.11. The SMILES string of the molecule is Clc1cccc(Cl)c1Nc1ccnc(NCCc2c[nH]c3ccccc23)n1. The van der Waals surface area contributed by atoms with E-state index in [1.54, 1.807) is 30.5 Å². The molecule has 3 N–H and O–H groups in total. The molecule has 0 radical (unpaired) electrons.